The van der Waals surface area contributed by atoms with E-state index in [0.29, 0.717) is 16.8 Å². The van der Waals surface area contributed by atoms with Crippen LogP contribution in [0, 0.1) is 5.92 Å². The standard InChI is InChI=1S/C18H18ClN3/c1-12(2)11-20-18-15-9-8-14(19)10-16(15)21-17(22-18)13-6-4-3-5-7-13/h3-10,12H,11H2,1-2H3,(H,20,21,22). The fourth-order valence-corrected chi connectivity index (χ4v) is 2.42. The van der Waals surface area contributed by atoms with Gasteiger partial charge in [0.1, 0.15) is 5.82 Å². The third kappa shape index (κ3) is 3.20. The number of rotatable bonds is 4. The summed E-state index contributed by atoms with van der Waals surface area (Å²) >= 11 is 6.12. The molecule has 4 heteroatoms. The quantitative estimate of drug-likeness (QED) is 0.735. The number of aromatic nitrogens is 2. The largest absolute Gasteiger partial charge is 0.369 e. The molecule has 0 saturated carbocycles. The number of benzene rings is 2. The maximum absolute atomic E-state index is 6.12. The fourth-order valence-electron chi connectivity index (χ4n) is 2.25. The number of nitrogens with zero attached hydrogens (tertiary/aromatic N) is 2. The average molecular weight is 312 g/mol. The van der Waals surface area contributed by atoms with Crippen LogP contribution < -0.4 is 5.32 Å². The molecule has 1 aromatic heterocycles. The second kappa shape index (κ2) is 6.32. The second-order valence-corrected chi connectivity index (χ2v) is 6.13. The van der Waals surface area contributed by atoms with Gasteiger partial charge < -0.3 is 5.32 Å². The molecule has 112 valence electrons. The number of fused-ring (bicyclic) bond motifs is 1. The predicted octanol–water partition coefficient (Wildman–Crippen LogP) is 5.02. The van der Waals surface area contributed by atoms with Gasteiger partial charge in [-0.15, -0.1) is 0 Å². The Bertz CT molecular complexity index is 785. The SMILES string of the molecule is CC(C)CNc1nc(-c2ccccc2)nc2cc(Cl)ccc12. The van der Waals surface area contributed by atoms with Crippen LogP contribution in [0.3, 0.4) is 0 Å². The van der Waals surface area contributed by atoms with E-state index in [2.05, 4.69) is 24.1 Å². The lowest BCUT2D eigenvalue weighted by Gasteiger charge is -2.12. The molecular formula is C18H18ClN3. The van der Waals surface area contributed by atoms with Crippen molar-refractivity contribution in [2.45, 2.75) is 13.8 Å². The molecule has 0 bridgehead atoms. The van der Waals surface area contributed by atoms with Gasteiger partial charge in [0.2, 0.25) is 0 Å². The van der Waals surface area contributed by atoms with E-state index in [1.54, 1.807) is 0 Å². The number of nitrogens with one attached hydrogen (secondary N) is 1. The van der Waals surface area contributed by atoms with Crippen molar-refractivity contribution >= 4 is 28.3 Å². The Morgan fingerprint density at radius 2 is 1.82 bits per heavy atom. The van der Waals surface area contributed by atoms with E-state index in [-0.39, 0.29) is 0 Å². The molecule has 2 aromatic carbocycles. The summed E-state index contributed by atoms with van der Waals surface area (Å²) in [5.74, 6) is 2.10. The molecule has 3 rings (SSSR count). The van der Waals surface area contributed by atoms with Crippen molar-refractivity contribution in [3.63, 3.8) is 0 Å². The van der Waals surface area contributed by atoms with Crippen LogP contribution in [0.1, 0.15) is 13.8 Å². The van der Waals surface area contributed by atoms with Crippen molar-refractivity contribution in [3.8, 4) is 11.4 Å². The highest BCUT2D eigenvalue weighted by atomic mass is 35.5. The van der Waals surface area contributed by atoms with Gasteiger partial charge in [0.15, 0.2) is 5.82 Å². The van der Waals surface area contributed by atoms with E-state index < -0.39 is 0 Å². The Hall–Kier alpha value is -2.13. The van der Waals surface area contributed by atoms with E-state index in [0.717, 1.165) is 28.8 Å². The topological polar surface area (TPSA) is 37.8 Å². The molecular weight excluding hydrogens is 294 g/mol. The molecule has 0 aliphatic carbocycles. The lowest BCUT2D eigenvalue weighted by Crippen LogP contribution is -2.10. The van der Waals surface area contributed by atoms with Crippen LogP contribution in [-0.4, -0.2) is 16.5 Å². The summed E-state index contributed by atoms with van der Waals surface area (Å²) in [7, 11) is 0. The molecule has 0 saturated heterocycles. The van der Waals surface area contributed by atoms with Crippen molar-refractivity contribution in [3.05, 3.63) is 53.6 Å². The number of halogens is 1. The summed E-state index contributed by atoms with van der Waals surface area (Å²) in [6.45, 7) is 5.21. The molecule has 0 radical (unpaired) electrons. The van der Waals surface area contributed by atoms with Crippen molar-refractivity contribution in [1.82, 2.24) is 9.97 Å². The Labute approximate surface area is 135 Å². The first-order chi connectivity index (χ1) is 10.6. The Balaban J connectivity index is 2.14. The van der Waals surface area contributed by atoms with Gasteiger partial charge in [0, 0.05) is 22.5 Å². The normalized spacial score (nSPS) is 11.1. The van der Waals surface area contributed by atoms with Crippen LogP contribution in [0.4, 0.5) is 5.82 Å². The molecule has 3 aromatic rings. The summed E-state index contributed by atoms with van der Waals surface area (Å²) < 4.78 is 0. The molecule has 0 atom stereocenters. The second-order valence-electron chi connectivity index (χ2n) is 5.70. The molecule has 0 aliphatic rings. The highest BCUT2D eigenvalue weighted by Crippen LogP contribution is 2.27. The molecule has 3 nitrogen and oxygen atoms in total. The van der Waals surface area contributed by atoms with E-state index in [4.69, 9.17) is 16.6 Å². The monoisotopic (exact) mass is 311 g/mol. The number of hydrogen-bond acceptors (Lipinski definition) is 3. The molecule has 0 aliphatic heterocycles. The third-order valence-electron chi connectivity index (χ3n) is 3.37. The van der Waals surface area contributed by atoms with E-state index in [1.165, 1.54) is 0 Å². The van der Waals surface area contributed by atoms with E-state index in [1.807, 2.05) is 48.5 Å². The van der Waals surface area contributed by atoms with Crippen molar-refractivity contribution < 1.29 is 0 Å². The summed E-state index contributed by atoms with van der Waals surface area (Å²) in [5.41, 5.74) is 1.85. The fraction of sp³-hybridized carbons (Fsp3) is 0.222. The summed E-state index contributed by atoms with van der Waals surface area (Å²) in [6.07, 6.45) is 0. The van der Waals surface area contributed by atoms with Crippen molar-refractivity contribution in [1.29, 1.82) is 0 Å². The zero-order valence-electron chi connectivity index (χ0n) is 12.7. The Morgan fingerprint density at radius 3 is 2.55 bits per heavy atom. The summed E-state index contributed by atoms with van der Waals surface area (Å²) in [5, 5.41) is 5.09. The van der Waals surface area contributed by atoms with E-state index in [9.17, 15) is 0 Å². The van der Waals surface area contributed by atoms with Crippen molar-refractivity contribution in [2.75, 3.05) is 11.9 Å². The minimum atomic E-state index is 0.539. The minimum Gasteiger partial charge on any atom is -0.369 e. The maximum atomic E-state index is 6.12. The van der Waals surface area contributed by atoms with Gasteiger partial charge in [-0.25, -0.2) is 9.97 Å². The van der Waals surface area contributed by atoms with Crippen molar-refractivity contribution in [2.24, 2.45) is 5.92 Å². The van der Waals surface area contributed by atoms with Gasteiger partial charge >= 0.3 is 0 Å². The van der Waals surface area contributed by atoms with Gasteiger partial charge in [0.05, 0.1) is 5.52 Å². The lowest BCUT2D eigenvalue weighted by atomic mass is 10.1. The highest BCUT2D eigenvalue weighted by Gasteiger charge is 2.10. The van der Waals surface area contributed by atoms with Gasteiger partial charge in [-0.2, -0.15) is 0 Å². The number of anilines is 1. The predicted molar refractivity (Wildman–Crippen MR) is 93.3 cm³/mol. The van der Waals surface area contributed by atoms with Crippen LogP contribution >= 0.6 is 11.6 Å². The summed E-state index contributed by atoms with van der Waals surface area (Å²) in [6, 6.07) is 15.7. The third-order valence-corrected chi connectivity index (χ3v) is 3.60. The first kappa shape index (κ1) is 14.8. The summed E-state index contributed by atoms with van der Waals surface area (Å²) in [4.78, 5) is 9.37. The van der Waals surface area contributed by atoms with Gasteiger partial charge in [0.25, 0.3) is 0 Å². The van der Waals surface area contributed by atoms with Crippen LogP contribution in [0.25, 0.3) is 22.3 Å². The van der Waals surface area contributed by atoms with Crippen LogP contribution in [-0.2, 0) is 0 Å². The first-order valence-electron chi connectivity index (χ1n) is 7.40. The molecule has 1 heterocycles. The van der Waals surface area contributed by atoms with Crippen LogP contribution in [0.5, 0.6) is 0 Å². The lowest BCUT2D eigenvalue weighted by molar-refractivity contribution is 0.687. The Kier molecular flexibility index (Phi) is 4.25. The molecule has 0 unspecified atom stereocenters. The average Bonchev–Trinajstić information content (AvgIpc) is 2.52. The molecule has 0 fully saturated rings. The zero-order valence-corrected chi connectivity index (χ0v) is 13.4. The molecule has 0 amide bonds. The van der Waals surface area contributed by atoms with Crippen LogP contribution in [0.15, 0.2) is 48.5 Å². The highest BCUT2D eigenvalue weighted by molar-refractivity contribution is 6.31. The molecule has 1 N–H and O–H groups in total. The minimum absolute atomic E-state index is 0.539. The smallest absolute Gasteiger partial charge is 0.162 e. The molecule has 22 heavy (non-hydrogen) atoms. The first-order valence-corrected chi connectivity index (χ1v) is 7.78. The maximum Gasteiger partial charge on any atom is 0.162 e. The van der Waals surface area contributed by atoms with Gasteiger partial charge in [-0.3, -0.25) is 0 Å². The van der Waals surface area contributed by atoms with E-state index >= 15 is 0 Å². The number of hydrogen-bond donors (Lipinski definition) is 1. The van der Waals surface area contributed by atoms with Gasteiger partial charge in [-0.1, -0.05) is 55.8 Å². The van der Waals surface area contributed by atoms with Crippen LogP contribution in [0.2, 0.25) is 5.02 Å². The van der Waals surface area contributed by atoms with Gasteiger partial charge in [-0.05, 0) is 24.1 Å². The Morgan fingerprint density at radius 1 is 1.05 bits per heavy atom. The molecule has 0 spiro atoms. The zero-order chi connectivity index (χ0) is 15.5.